The summed E-state index contributed by atoms with van der Waals surface area (Å²) in [4.78, 5) is 13.0. The summed E-state index contributed by atoms with van der Waals surface area (Å²) < 4.78 is 16.1. The number of hydrogen-bond acceptors (Lipinski definition) is 8. The van der Waals surface area contributed by atoms with Gasteiger partial charge in [0, 0.05) is 10.4 Å². The fourth-order valence-electron chi connectivity index (χ4n) is 2.13. The Kier molecular flexibility index (Phi) is 6.13. The number of methoxy groups -OCH3 is 2. The molecule has 0 atom stereocenters. The van der Waals surface area contributed by atoms with Crippen molar-refractivity contribution in [3.8, 4) is 23.0 Å². The number of ether oxygens (including phenoxy) is 2. The van der Waals surface area contributed by atoms with Gasteiger partial charge in [-0.3, -0.25) is 4.79 Å². The SMILES string of the molecule is COc1ccc(-c2nnc(SCC(=O)NCc3cccs3)o2)cc1OC. The lowest BCUT2D eigenvalue weighted by Crippen LogP contribution is -2.24. The molecule has 0 fully saturated rings. The van der Waals surface area contributed by atoms with Crippen LogP contribution in [0.25, 0.3) is 11.5 Å². The highest BCUT2D eigenvalue weighted by Gasteiger charge is 2.13. The molecule has 0 aliphatic carbocycles. The van der Waals surface area contributed by atoms with Gasteiger partial charge in [-0.25, -0.2) is 0 Å². The molecule has 2 aromatic heterocycles. The third kappa shape index (κ3) is 4.55. The molecule has 0 aliphatic heterocycles. The molecule has 136 valence electrons. The van der Waals surface area contributed by atoms with Crippen LogP contribution in [0.15, 0.2) is 45.4 Å². The Morgan fingerprint density at radius 2 is 2.08 bits per heavy atom. The van der Waals surface area contributed by atoms with E-state index in [-0.39, 0.29) is 11.7 Å². The quantitative estimate of drug-likeness (QED) is 0.590. The smallest absolute Gasteiger partial charge is 0.277 e. The Hall–Kier alpha value is -2.52. The molecule has 0 aliphatic rings. The highest BCUT2D eigenvalue weighted by Crippen LogP contribution is 2.32. The van der Waals surface area contributed by atoms with Gasteiger partial charge >= 0.3 is 0 Å². The van der Waals surface area contributed by atoms with Gasteiger partial charge in [-0.05, 0) is 29.6 Å². The zero-order chi connectivity index (χ0) is 18.4. The topological polar surface area (TPSA) is 86.5 Å². The summed E-state index contributed by atoms with van der Waals surface area (Å²) in [6, 6.07) is 9.26. The molecule has 1 aromatic carbocycles. The lowest BCUT2D eigenvalue weighted by atomic mass is 10.2. The maximum absolute atomic E-state index is 11.9. The van der Waals surface area contributed by atoms with E-state index in [9.17, 15) is 4.79 Å². The van der Waals surface area contributed by atoms with Gasteiger partial charge in [-0.15, -0.1) is 21.5 Å². The zero-order valence-electron chi connectivity index (χ0n) is 14.2. The highest BCUT2D eigenvalue weighted by atomic mass is 32.2. The van der Waals surface area contributed by atoms with Crippen molar-refractivity contribution in [2.75, 3.05) is 20.0 Å². The summed E-state index contributed by atoms with van der Waals surface area (Å²) in [7, 11) is 3.13. The van der Waals surface area contributed by atoms with Crippen molar-refractivity contribution in [1.29, 1.82) is 0 Å². The molecule has 7 nitrogen and oxygen atoms in total. The average molecular weight is 391 g/mol. The van der Waals surface area contributed by atoms with Crippen molar-refractivity contribution in [3.63, 3.8) is 0 Å². The molecular formula is C17H17N3O4S2. The molecule has 1 amide bonds. The van der Waals surface area contributed by atoms with Crippen LogP contribution in [-0.2, 0) is 11.3 Å². The van der Waals surface area contributed by atoms with Gasteiger partial charge in [0.05, 0.1) is 26.5 Å². The fraction of sp³-hybridized carbons (Fsp3) is 0.235. The van der Waals surface area contributed by atoms with E-state index >= 15 is 0 Å². The van der Waals surface area contributed by atoms with Gasteiger partial charge in [-0.1, -0.05) is 17.8 Å². The number of hydrogen-bond donors (Lipinski definition) is 1. The van der Waals surface area contributed by atoms with Gasteiger partial charge < -0.3 is 19.2 Å². The molecule has 0 unspecified atom stereocenters. The minimum Gasteiger partial charge on any atom is -0.493 e. The Morgan fingerprint density at radius 1 is 1.23 bits per heavy atom. The summed E-state index contributed by atoms with van der Waals surface area (Å²) >= 11 is 2.80. The second-order valence-corrected chi connectivity index (χ2v) is 7.05. The van der Waals surface area contributed by atoms with E-state index in [0.717, 1.165) is 4.88 Å². The molecule has 1 N–H and O–H groups in total. The maximum Gasteiger partial charge on any atom is 0.277 e. The van der Waals surface area contributed by atoms with Gasteiger partial charge in [0.2, 0.25) is 11.8 Å². The molecule has 26 heavy (non-hydrogen) atoms. The molecule has 3 aromatic rings. The summed E-state index contributed by atoms with van der Waals surface area (Å²) in [5.41, 5.74) is 0.712. The number of carbonyl (C=O) groups excluding carboxylic acids is 1. The van der Waals surface area contributed by atoms with Crippen molar-refractivity contribution >= 4 is 29.0 Å². The molecular weight excluding hydrogens is 374 g/mol. The van der Waals surface area contributed by atoms with E-state index in [4.69, 9.17) is 13.9 Å². The number of rotatable bonds is 8. The van der Waals surface area contributed by atoms with Gasteiger partial charge in [0.1, 0.15) is 0 Å². The predicted octanol–water partition coefficient (Wildman–Crippen LogP) is 3.22. The van der Waals surface area contributed by atoms with Crippen molar-refractivity contribution in [2.45, 2.75) is 11.8 Å². The molecule has 3 rings (SSSR count). The summed E-state index contributed by atoms with van der Waals surface area (Å²) in [6.45, 7) is 0.526. The average Bonchev–Trinajstić information content (AvgIpc) is 3.36. The second kappa shape index (κ2) is 8.72. The summed E-state index contributed by atoms with van der Waals surface area (Å²) in [5.74, 6) is 1.67. The van der Waals surface area contributed by atoms with Crippen LogP contribution >= 0.6 is 23.1 Å². The number of nitrogens with one attached hydrogen (secondary N) is 1. The van der Waals surface area contributed by atoms with E-state index in [2.05, 4.69) is 15.5 Å². The first-order chi connectivity index (χ1) is 12.7. The fourth-order valence-corrected chi connectivity index (χ4v) is 3.37. The minimum absolute atomic E-state index is 0.0886. The molecule has 0 bridgehead atoms. The number of aromatic nitrogens is 2. The first kappa shape index (κ1) is 18.3. The summed E-state index contributed by atoms with van der Waals surface area (Å²) in [5, 5.41) is 13.1. The molecule has 2 heterocycles. The Balaban J connectivity index is 1.57. The third-order valence-corrected chi connectivity index (χ3v) is 5.10. The first-order valence-electron chi connectivity index (χ1n) is 7.67. The van der Waals surface area contributed by atoms with Crippen LogP contribution in [0.2, 0.25) is 0 Å². The van der Waals surface area contributed by atoms with Crippen LogP contribution in [0, 0.1) is 0 Å². The monoisotopic (exact) mass is 391 g/mol. The number of thiophene rings is 1. The lowest BCUT2D eigenvalue weighted by molar-refractivity contribution is -0.118. The van der Waals surface area contributed by atoms with Crippen molar-refractivity contribution in [1.82, 2.24) is 15.5 Å². The standard InChI is InChI=1S/C17H17N3O4S2/c1-22-13-6-5-11(8-14(13)23-2)16-19-20-17(24-16)26-10-15(21)18-9-12-4-3-7-25-12/h3-8H,9-10H2,1-2H3,(H,18,21). The first-order valence-corrected chi connectivity index (χ1v) is 9.54. The molecule has 0 saturated heterocycles. The van der Waals surface area contributed by atoms with E-state index in [0.29, 0.717) is 34.7 Å². The molecule has 0 saturated carbocycles. The van der Waals surface area contributed by atoms with Crippen LogP contribution in [0.1, 0.15) is 4.88 Å². The highest BCUT2D eigenvalue weighted by molar-refractivity contribution is 7.99. The van der Waals surface area contributed by atoms with Gasteiger partial charge in [0.15, 0.2) is 11.5 Å². The summed E-state index contributed by atoms with van der Waals surface area (Å²) in [6.07, 6.45) is 0. The van der Waals surface area contributed by atoms with E-state index < -0.39 is 0 Å². The van der Waals surface area contributed by atoms with E-state index in [1.807, 2.05) is 17.5 Å². The van der Waals surface area contributed by atoms with Crippen molar-refractivity contribution in [2.24, 2.45) is 0 Å². The van der Waals surface area contributed by atoms with E-state index in [1.165, 1.54) is 11.8 Å². The number of nitrogens with zero attached hydrogens (tertiary/aromatic N) is 2. The van der Waals surface area contributed by atoms with Crippen LogP contribution in [0.5, 0.6) is 11.5 Å². The van der Waals surface area contributed by atoms with Crippen molar-refractivity contribution in [3.05, 3.63) is 40.6 Å². The Morgan fingerprint density at radius 3 is 2.81 bits per heavy atom. The normalized spacial score (nSPS) is 10.5. The molecule has 0 spiro atoms. The Labute approximate surface area is 158 Å². The zero-order valence-corrected chi connectivity index (χ0v) is 15.9. The lowest BCUT2D eigenvalue weighted by Gasteiger charge is -2.07. The number of carbonyl (C=O) groups is 1. The maximum atomic E-state index is 11.9. The number of amides is 1. The van der Waals surface area contributed by atoms with Crippen molar-refractivity contribution < 1.29 is 18.7 Å². The van der Waals surface area contributed by atoms with Crippen LogP contribution in [0.3, 0.4) is 0 Å². The molecule has 9 heteroatoms. The second-order valence-electron chi connectivity index (χ2n) is 5.09. The molecule has 0 radical (unpaired) electrons. The Bertz CT molecular complexity index is 865. The van der Waals surface area contributed by atoms with Crippen LogP contribution in [-0.4, -0.2) is 36.1 Å². The van der Waals surface area contributed by atoms with Gasteiger partial charge in [-0.2, -0.15) is 0 Å². The minimum atomic E-state index is -0.0886. The number of benzene rings is 1. The van der Waals surface area contributed by atoms with Crippen LogP contribution < -0.4 is 14.8 Å². The largest absolute Gasteiger partial charge is 0.493 e. The number of thioether (sulfide) groups is 1. The third-order valence-electron chi connectivity index (χ3n) is 3.40. The van der Waals surface area contributed by atoms with E-state index in [1.54, 1.807) is 43.8 Å². The van der Waals surface area contributed by atoms with Crippen LogP contribution in [0.4, 0.5) is 0 Å². The predicted molar refractivity (Wildman–Crippen MR) is 99.7 cm³/mol. The van der Waals surface area contributed by atoms with Gasteiger partial charge in [0.25, 0.3) is 5.22 Å².